The molecule has 0 aliphatic carbocycles. The molecule has 0 aromatic heterocycles. The number of methoxy groups -OCH3 is 2. The Morgan fingerprint density at radius 3 is 1.78 bits per heavy atom. The number of rotatable bonds is 4. The number of hydrogen-bond acceptors (Lipinski definition) is 5. The number of carbonyl (C=O) groups is 3. The highest BCUT2D eigenvalue weighted by atomic mass is 16.5. The minimum atomic E-state index is -0.605. The van der Waals surface area contributed by atoms with Crippen molar-refractivity contribution in [1.82, 2.24) is 0 Å². The first-order valence-corrected chi connectivity index (χ1v) is 5.06. The summed E-state index contributed by atoms with van der Waals surface area (Å²) in [5.41, 5.74) is 5.85. The summed E-state index contributed by atoms with van der Waals surface area (Å²) in [6.07, 6.45) is -0.0746. The van der Waals surface area contributed by atoms with Gasteiger partial charge in [0, 0.05) is 0 Å². The fourth-order valence-electron chi connectivity index (χ4n) is 1.47. The van der Waals surface area contributed by atoms with E-state index in [9.17, 15) is 14.4 Å². The van der Waals surface area contributed by atoms with E-state index >= 15 is 0 Å². The molecule has 6 heteroatoms. The molecule has 0 bridgehead atoms. The van der Waals surface area contributed by atoms with Crippen LogP contribution in [0, 0.1) is 0 Å². The Hall–Kier alpha value is -2.37. The number of nitrogens with two attached hydrogens (primary N) is 1. The number of benzene rings is 1. The van der Waals surface area contributed by atoms with Crippen LogP contribution in [-0.2, 0) is 20.7 Å². The molecular weight excluding hydrogens is 238 g/mol. The average molecular weight is 251 g/mol. The van der Waals surface area contributed by atoms with Crippen LogP contribution < -0.4 is 5.73 Å². The normalized spacial score (nSPS) is 9.67. The topological polar surface area (TPSA) is 95.7 Å². The van der Waals surface area contributed by atoms with E-state index in [1.165, 1.54) is 32.4 Å². The Morgan fingerprint density at radius 2 is 1.44 bits per heavy atom. The van der Waals surface area contributed by atoms with Gasteiger partial charge in [-0.2, -0.15) is 0 Å². The van der Waals surface area contributed by atoms with Gasteiger partial charge in [0.15, 0.2) is 0 Å². The first-order valence-electron chi connectivity index (χ1n) is 5.06. The van der Waals surface area contributed by atoms with Gasteiger partial charge in [-0.05, 0) is 23.8 Å². The predicted molar refractivity (Wildman–Crippen MR) is 62.0 cm³/mol. The first kappa shape index (κ1) is 13.7. The molecule has 96 valence electrons. The summed E-state index contributed by atoms with van der Waals surface area (Å²) in [5.74, 6) is -1.77. The highest BCUT2D eigenvalue weighted by Gasteiger charge is 2.14. The van der Waals surface area contributed by atoms with Gasteiger partial charge in [-0.15, -0.1) is 0 Å². The monoisotopic (exact) mass is 251 g/mol. The SMILES string of the molecule is COC(=O)c1cc(CC(N)=O)cc(C(=O)OC)c1. The number of hydrogen-bond donors (Lipinski definition) is 1. The second-order valence-corrected chi connectivity index (χ2v) is 3.54. The first-order chi connectivity index (χ1) is 8.47. The van der Waals surface area contributed by atoms with Crippen molar-refractivity contribution >= 4 is 17.8 Å². The van der Waals surface area contributed by atoms with Crippen LogP contribution in [0.4, 0.5) is 0 Å². The molecule has 2 N–H and O–H groups in total. The van der Waals surface area contributed by atoms with Crippen molar-refractivity contribution in [3.63, 3.8) is 0 Å². The Balaban J connectivity index is 3.23. The summed E-state index contributed by atoms with van der Waals surface area (Å²) in [6.45, 7) is 0. The lowest BCUT2D eigenvalue weighted by atomic mass is 10.0. The van der Waals surface area contributed by atoms with Gasteiger partial charge in [-0.1, -0.05) is 0 Å². The standard InChI is InChI=1S/C12H13NO5/c1-17-11(15)8-3-7(5-10(13)14)4-9(6-8)12(16)18-2/h3-4,6H,5H2,1-2H3,(H2,13,14). The number of ether oxygens (including phenoxy) is 2. The summed E-state index contributed by atoms with van der Waals surface area (Å²) < 4.78 is 9.11. The fraction of sp³-hybridized carbons (Fsp3) is 0.250. The number of esters is 2. The molecule has 18 heavy (non-hydrogen) atoms. The number of primary amides is 1. The Bertz CT molecular complexity index is 461. The third-order valence-electron chi connectivity index (χ3n) is 2.21. The van der Waals surface area contributed by atoms with Crippen molar-refractivity contribution in [2.75, 3.05) is 14.2 Å². The third-order valence-corrected chi connectivity index (χ3v) is 2.21. The summed E-state index contributed by atoms with van der Waals surface area (Å²) in [6, 6.07) is 4.23. The van der Waals surface area contributed by atoms with Crippen molar-refractivity contribution in [2.45, 2.75) is 6.42 Å². The van der Waals surface area contributed by atoms with Crippen molar-refractivity contribution in [3.8, 4) is 0 Å². The molecule has 0 unspecified atom stereocenters. The number of carbonyl (C=O) groups excluding carboxylic acids is 3. The molecule has 0 aliphatic rings. The van der Waals surface area contributed by atoms with Crippen LogP contribution in [0.1, 0.15) is 26.3 Å². The van der Waals surface area contributed by atoms with Gasteiger partial charge >= 0.3 is 11.9 Å². The lowest BCUT2D eigenvalue weighted by molar-refractivity contribution is -0.117. The van der Waals surface area contributed by atoms with Crippen LogP contribution in [0.15, 0.2) is 18.2 Å². The van der Waals surface area contributed by atoms with E-state index in [0.29, 0.717) is 5.56 Å². The van der Waals surface area contributed by atoms with Gasteiger partial charge in [-0.3, -0.25) is 4.79 Å². The van der Waals surface area contributed by atoms with Crippen LogP contribution in [0.25, 0.3) is 0 Å². The predicted octanol–water partition coefficient (Wildman–Crippen LogP) is 0.288. The molecule has 1 amide bonds. The van der Waals surface area contributed by atoms with E-state index in [1.54, 1.807) is 0 Å². The summed E-state index contributed by atoms with van der Waals surface area (Å²) >= 11 is 0. The van der Waals surface area contributed by atoms with E-state index in [-0.39, 0.29) is 17.5 Å². The van der Waals surface area contributed by atoms with Gasteiger partial charge in [0.05, 0.1) is 31.8 Å². The van der Waals surface area contributed by atoms with Gasteiger partial charge in [0.25, 0.3) is 0 Å². The maximum absolute atomic E-state index is 11.4. The van der Waals surface area contributed by atoms with E-state index in [4.69, 9.17) is 5.73 Å². The Kier molecular flexibility index (Phi) is 4.42. The van der Waals surface area contributed by atoms with Gasteiger partial charge < -0.3 is 15.2 Å². The minimum absolute atomic E-state index is 0.0746. The molecule has 6 nitrogen and oxygen atoms in total. The lowest BCUT2D eigenvalue weighted by Gasteiger charge is -2.06. The van der Waals surface area contributed by atoms with Crippen LogP contribution in [0.2, 0.25) is 0 Å². The second-order valence-electron chi connectivity index (χ2n) is 3.54. The highest BCUT2D eigenvalue weighted by molar-refractivity contribution is 5.96. The van der Waals surface area contributed by atoms with E-state index < -0.39 is 17.8 Å². The molecule has 0 spiro atoms. The fourth-order valence-corrected chi connectivity index (χ4v) is 1.47. The van der Waals surface area contributed by atoms with Crippen molar-refractivity contribution in [3.05, 3.63) is 34.9 Å². The highest BCUT2D eigenvalue weighted by Crippen LogP contribution is 2.13. The zero-order valence-electron chi connectivity index (χ0n) is 10.1. The molecule has 1 aromatic rings. The van der Waals surface area contributed by atoms with Crippen molar-refractivity contribution < 1.29 is 23.9 Å². The van der Waals surface area contributed by atoms with Gasteiger partial charge in [0.1, 0.15) is 0 Å². The summed E-state index contributed by atoms with van der Waals surface area (Å²) in [4.78, 5) is 33.7. The third kappa shape index (κ3) is 3.31. The largest absolute Gasteiger partial charge is 0.465 e. The van der Waals surface area contributed by atoms with Gasteiger partial charge in [0.2, 0.25) is 5.91 Å². The average Bonchev–Trinajstić information content (AvgIpc) is 2.35. The molecule has 1 rings (SSSR count). The maximum atomic E-state index is 11.4. The quantitative estimate of drug-likeness (QED) is 0.776. The molecule has 0 saturated heterocycles. The molecular formula is C12H13NO5. The van der Waals surface area contributed by atoms with Crippen LogP contribution in [0.5, 0.6) is 0 Å². The van der Waals surface area contributed by atoms with E-state index in [2.05, 4.69) is 9.47 Å². The molecule has 0 heterocycles. The zero-order valence-corrected chi connectivity index (χ0v) is 10.1. The number of amides is 1. The minimum Gasteiger partial charge on any atom is -0.465 e. The van der Waals surface area contributed by atoms with Crippen LogP contribution in [-0.4, -0.2) is 32.1 Å². The molecule has 0 fully saturated rings. The molecule has 0 saturated carbocycles. The van der Waals surface area contributed by atoms with E-state index in [1.807, 2.05) is 0 Å². The van der Waals surface area contributed by atoms with Gasteiger partial charge in [-0.25, -0.2) is 9.59 Å². The second kappa shape index (κ2) is 5.81. The van der Waals surface area contributed by atoms with Crippen molar-refractivity contribution in [1.29, 1.82) is 0 Å². The maximum Gasteiger partial charge on any atom is 0.337 e. The summed E-state index contributed by atoms with van der Waals surface area (Å²) in [7, 11) is 2.45. The molecule has 1 aromatic carbocycles. The van der Waals surface area contributed by atoms with E-state index in [0.717, 1.165) is 0 Å². The van der Waals surface area contributed by atoms with Crippen LogP contribution in [0.3, 0.4) is 0 Å². The van der Waals surface area contributed by atoms with Crippen LogP contribution >= 0.6 is 0 Å². The lowest BCUT2D eigenvalue weighted by Crippen LogP contribution is -2.15. The summed E-state index contributed by atoms with van der Waals surface area (Å²) in [5, 5.41) is 0. The zero-order chi connectivity index (χ0) is 13.7. The Labute approximate surface area is 104 Å². The molecule has 0 radical (unpaired) electrons. The molecule has 0 aliphatic heterocycles. The molecule has 0 atom stereocenters. The smallest absolute Gasteiger partial charge is 0.337 e. The Morgan fingerprint density at radius 1 is 1.00 bits per heavy atom. The van der Waals surface area contributed by atoms with Crippen molar-refractivity contribution in [2.24, 2.45) is 5.73 Å².